The Hall–Kier alpha value is 0.518. The Balaban J connectivity index is 4.11. The molecule has 0 bridgehead atoms. The first-order valence-electron chi connectivity index (χ1n) is 2.54. The molecule has 0 aromatic rings. The van der Waals surface area contributed by atoms with Gasteiger partial charge in [-0.25, -0.2) is 0 Å². The third-order valence-electron chi connectivity index (χ3n) is 0.861. The van der Waals surface area contributed by atoms with Gasteiger partial charge >= 0.3 is 75.7 Å². The van der Waals surface area contributed by atoms with Crippen LogP contribution in [0.1, 0.15) is 13.8 Å². The van der Waals surface area contributed by atoms with Crippen molar-refractivity contribution in [2.24, 2.45) is 0 Å². The van der Waals surface area contributed by atoms with Gasteiger partial charge in [-0.1, -0.05) is 0 Å². The zero-order chi connectivity index (χ0) is 7.28. The molecule has 0 N–H and O–H groups in total. The Bertz CT molecular complexity index is 156. The Kier molecular flexibility index (Phi) is 5.62. The Labute approximate surface area is 75.6 Å². The molecule has 0 atom stereocenters. The third kappa shape index (κ3) is 4.99. The molecular weight excluding hydrogens is 348 g/mol. The Morgan fingerprint density at radius 2 is 2.22 bits per heavy atom. The fourth-order valence-corrected chi connectivity index (χ4v) is 0.901. The summed E-state index contributed by atoms with van der Waals surface area (Å²) in [4.78, 5) is 0. The van der Waals surface area contributed by atoms with Crippen molar-refractivity contribution in [3.8, 4) is 0 Å². The van der Waals surface area contributed by atoms with Gasteiger partial charge in [0.1, 0.15) is 0 Å². The molecule has 0 spiro atoms. The topological polar surface area (TPSA) is 0 Å². The fraction of sp³-hybridized carbons (Fsp3) is 0.286. The van der Waals surface area contributed by atoms with Gasteiger partial charge in [-0.3, -0.25) is 0 Å². The van der Waals surface area contributed by atoms with Gasteiger partial charge in [0.25, 0.3) is 0 Å². The van der Waals surface area contributed by atoms with Crippen molar-refractivity contribution in [2.75, 3.05) is 0 Å². The molecule has 0 aromatic heterocycles. The number of hydrogen-bond donors (Lipinski definition) is 0. The van der Waals surface area contributed by atoms with Gasteiger partial charge in [0.15, 0.2) is 0 Å². The zero-order valence-electron chi connectivity index (χ0n) is 5.44. The second-order valence-corrected chi connectivity index (χ2v) is 3.34. The molecule has 0 aliphatic heterocycles. The van der Waals surface area contributed by atoms with Crippen molar-refractivity contribution in [3.63, 3.8) is 0 Å². The van der Waals surface area contributed by atoms with Crippen LogP contribution in [0.3, 0.4) is 0 Å². The first-order valence-corrected chi connectivity index (χ1v) is 5.03. The molecule has 0 aliphatic carbocycles. The SMILES string of the molecule is C[C-]=C(C)/C=C(/Br)[CH]=[W]. The van der Waals surface area contributed by atoms with E-state index in [0.29, 0.717) is 0 Å². The van der Waals surface area contributed by atoms with E-state index >= 15 is 0 Å². The molecule has 0 heterocycles. The summed E-state index contributed by atoms with van der Waals surface area (Å²) in [6.45, 7) is 3.94. The van der Waals surface area contributed by atoms with E-state index in [9.17, 15) is 0 Å². The van der Waals surface area contributed by atoms with Gasteiger partial charge in [-0.2, -0.15) is 0 Å². The van der Waals surface area contributed by atoms with Crippen LogP contribution in [0.15, 0.2) is 16.1 Å². The standard InChI is InChI=1S/C7H8Br.W/c1-4-6(2)5-7(3)8;/h3,5H,1-2H3;/q-1;/b7-5+;. The van der Waals surface area contributed by atoms with E-state index in [1.54, 1.807) is 0 Å². The molecule has 0 aromatic carbocycles. The monoisotopic (exact) mass is 355 g/mol. The van der Waals surface area contributed by atoms with Crippen LogP contribution in [0, 0.1) is 6.08 Å². The van der Waals surface area contributed by atoms with E-state index in [1.165, 1.54) is 24.9 Å². The van der Waals surface area contributed by atoms with E-state index < -0.39 is 0 Å². The van der Waals surface area contributed by atoms with Crippen molar-refractivity contribution in [2.45, 2.75) is 13.8 Å². The predicted molar refractivity (Wildman–Crippen MR) is 41.2 cm³/mol. The molecule has 0 rings (SSSR count). The minimum absolute atomic E-state index is 1.14. The molecule has 0 fully saturated rings. The van der Waals surface area contributed by atoms with Crippen LogP contribution in [-0.4, -0.2) is 4.40 Å². The van der Waals surface area contributed by atoms with Crippen LogP contribution >= 0.6 is 15.9 Å². The molecule has 0 amide bonds. The summed E-state index contributed by atoms with van der Waals surface area (Å²) >= 11 is 4.84. The molecule has 0 unspecified atom stereocenters. The number of halogens is 1. The van der Waals surface area contributed by atoms with Gasteiger partial charge in [-0.15, -0.1) is 0 Å². The van der Waals surface area contributed by atoms with E-state index in [-0.39, 0.29) is 0 Å². The second-order valence-electron chi connectivity index (χ2n) is 1.58. The van der Waals surface area contributed by atoms with Crippen LogP contribution < -0.4 is 0 Å². The number of allylic oxidation sites excluding steroid dienone is 4. The summed E-state index contributed by atoms with van der Waals surface area (Å²) in [7, 11) is 0. The van der Waals surface area contributed by atoms with Crippen molar-refractivity contribution in [3.05, 3.63) is 22.2 Å². The van der Waals surface area contributed by atoms with Gasteiger partial charge in [0, 0.05) is 0 Å². The molecule has 2 heteroatoms. The van der Waals surface area contributed by atoms with Crippen molar-refractivity contribution in [1.82, 2.24) is 0 Å². The molecule has 0 saturated carbocycles. The van der Waals surface area contributed by atoms with Gasteiger partial charge in [0.05, 0.1) is 0 Å². The summed E-state index contributed by atoms with van der Waals surface area (Å²) in [6, 6.07) is 0. The molecule has 0 radical (unpaired) electrons. The van der Waals surface area contributed by atoms with Gasteiger partial charge in [-0.05, 0) is 0 Å². The van der Waals surface area contributed by atoms with Gasteiger partial charge in [0.2, 0.25) is 0 Å². The van der Waals surface area contributed by atoms with Crippen LogP contribution in [0.4, 0.5) is 0 Å². The molecule has 0 saturated heterocycles. The molecule has 0 nitrogen and oxygen atoms in total. The molecule has 50 valence electrons. The van der Waals surface area contributed by atoms with Crippen LogP contribution in [0.5, 0.6) is 0 Å². The Morgan fingerprint density at radius 3 is 2.56 bits per heavy atom. The quantitative estimate of drug-likeness (QED) is 0.527. The van der Waals surface area contributed by atoms with E-state index in [1.807, 2.05) is 19.9 Å². The van der Waals surface area contributed by atoms with Crippen LogP contribution in [0.25, 0.3) is 0 Å². The third-order valence-corrected chi connectivity index (χ3v) is 3.43. The average Bonchev–Trinajstić information content (AvgIpc) is 1.87. The summed E-state index contributed by atoms with van der Waals surface area (Å²) in [5, 5.41) is 0. The zero-order valence-corrected chi connectivity index (χ0v) is 9.96. The first kappa shape index (κ1) is 9.52. The minimum atomic E-state index is 1.14. The average molecular weight is 356 g/mol. The summed E-state index contributed by atoms with van der Waals surface area (Å²) in [6.07, 6.45) is 5.08. The predicted octanol–water partition coefficient (Wildman–Crippen LogP) is 2.38. The van der Waals surface area contributed by atoms with Gasteiger partial charge < -0.3 is 0 Å². The Morgan fingerprint density at radius 1 is 1.67 bits per heavy atom. The maximum absolute atomic E-state index is 3.38. The second kappa shape index (κ2) is 5.31. The maximum atomic E-state index is 3.38. The fourth-order valence-electron chi connectivity index (χ4n) is 0.313. The van der Waals surface area contributed by atoms with Crippen molar-refractivity contribution in [1.29, 1.82) is 0 Å². The van der Waals surface area contributed by atoms with E-state index in [4.69, 9.17) is 0 Å². The molecule has 9 heavy (non-hydrogen) atoms. The van der Waals surface area contributed by atoms with E-state index in [2.05, 4.69) is 26.4 Å². The summed E-state index contributed by atoms with van der Waals surface area (Å²) < 4.78 is 3.23. The molecular formula is C7H8BrW-. The molecule has 0 aliphatic rings. The number of hydrogen-bond acceptors (Lipinski definition) is 0. The normalized spacial score (nSPS) is 13.7. The van der Waals surface area contributed by atoms with E-state index in [0.717, 1.165) is 4.48 Å². The van der Waals surface area contributed by atoms with Crippen molar-refractivity contribution < 1.29 is 19.4 Å². The summed E-state index contributed by atoms with van der Waals surface area (Å²) in [5.74, 6) is 0. The van der Waals surface area contributed by atoms with Crippen molar-refractivity contribution >= 4 is 20.3 Å². The van der Waals surface area contributed by atoms with Crippen LogP contribution in [0.2, 0.25) is 0 Å². The van der Waals surface area contributed by atoms with Crippen LogP contribution in [-0.2, 0) is 19.4 Å². The summed E-state index contributed by atoms with van der Waals surface area (Å²) in [5.41, 5.74) is 1.17. The first-order chi connectivity index (χ1) is 4.20. The number of rotatable bonds is 2.